The molecule has 0 aliphatic carbocycles. The van der Waals surface area contributed by atoms with Crippen LogP contribution in [0.15, 0.2) is 99.3 Å². The number of amides is 2. The van der Waals surface area contributed by atoms with Gasteiger partial charge >= 0.3 is 11.8 Å². The molecule has 218 valence electrons. The summed E-state index contributed by atoms with van der Waals surface area (Å²) in [7, 11) is -3.95. The van der Waals surface area contributed by atoms with Crippen molar-refractivity contribution in [3.8, 4) is 0 Å². The summed E-state index contributed by atoms with van der Waals surface area (Å²) in [5.41, 5.74) is 4.67. The number of carbonyl (C=O) groups excluding carboxylic acids is 2. The fourth-order valence-electron chi connectivity index (χ4n) is 3.90. The van der Waals surface area contributed by atoms with Crippen LogP contribution in [0.5, 0.6) is 0 Å². The van der Waals surface area contributed by atoms with Gasteiger partial charge in [0.05, 0.1) is 17.7 Å². The molecule has 0 unspecified atom stereocenters. The number of nitrogens with one attached hydrogen (secondary N) is 2. The fourth-order valence-corrected chi connectivity index (χ4v) is 5.75. The van der Waals surface area contributed by atoms with E-state index in [0.29, 0.717) is 34.3 Å². The van der Waals surface area contributed by atoms with Crippen LogP contribution < -0.4 is 10.7 Å². The first-order chi connectivity index (χ1) is 20.1. The molecular weight excluding hydrogens is 599 g/mol. The molecule has 0 bridgehead atoms. The molecule has 0 saturated heterocycles. The van der Waals surface area contributed by atoms with Gasteiger partial charge in [-0.1, -0.05) is 77.3 Å². The molecular formula is C30H28Cl2N4O5S. The van der Waals surface area contributed by atoms with Gasteiger partial charge in [0, 0.05) is 23.1 Å². The predicted octanol–water partition coefficient (Wildman–Crippen LogP) is 5.09. The van der Waals surface area contributed by atoms with Crippen LogP contribution in [0.1, 0.15) is 28.2 Å². The number of carbonyl (C=O) groups is 2. The van der Waals surface area contributed by atoms with Gasteiger partial charge in [-0.15, -0.1) is 0 Å². The topological polar surface area (TPSA) is 121 Å². The number of sulfonamides is 1. The number of rotatable bonds is 11. The summed E-state index contributed by atoms with van der Waals surface area (Å²) in [6, 6.07) is 24.1. The normalized spacial score (nSPS) is 11.6. The summed E-state index contributed by atoms with van der Waals surface area (Å²) < 4.78 is 34.2. The molecule has 42 heavy (non-hydrogen) atoms. The molecule has 0 atom stereocenters. The second kappa shape index (κ2) is 14.3. The molecule has 1 aromatic heterocycles. The van der Waals surface area contributed by atoms with Gasteiger partial charge in [-0.3, -0.25) is 9.59 Å². The standard InChI is InChI=1S/C30H28Cl2N4O5S/c1-21-7-13-27(14-8-21)42(39,40)36(19-23-9-10-24(31)17-28(23)32)20-26-12-11-25(41-26)18-34-35-30(38)29(37)33-16-15-22-5-3-2-4-6-22/h2-14,17-18H,15-16,19-20H2,1H3,(H,33,37)(H,35,38)/b34-18+. The van der Waals surface area contributed by atoms with Crippen molar-refractivity contribution in [3.63, 3.8) is 0 Å². The number of halogens is 2. The van der Waals surface area contributed by atoms with Gasteiger partial charge in [-0.25, -0.2) is 13.8 Å². The maximum Gasteiger partial charge on any atom is 0.329 e. The Morgan fingerprint density at radius 2 is 1.67 bits per heavy atom. The average Bonchev–Trinajstić information content (AvgIpc) is 3.41. The Morgan fingerprint density at radius 3 is 2.38 bits per heavy atom. The van der Waals surface area contributed by atoms with Crippen LogP contribution in [0, 0.1) is 6.92 Å². The molecule has 0 radical (unpaired) electrons. The van der Waals surface area contributed by atoms with Crippen LogP contribution in [0.2, 0.25) is 10.0 Å². The monoisotopic (exact) mass is 626 g/mol. The smallest absolute Gasteiger partial charge is 0.329 e. The van der Waals surface area contributed by atoms with Gasteiger partial charge in [-0.05, 0) is 60.9 Å². The first-order valence-electron chi connectivity index (χ1n) is 12.9. The highest BCUT2D eigenvalue weighted by molar-refractivity contribution is 7.89. The van der Waals surface area contributed by atoms with E-state index in [4.69, 9.17) is 27.6 Å². The Labute approximate surface area is 254 Å². The second-order valence-electron chi connectivity index (χ2n) is 9.32. The minimum Gasteiger partial charge on any atom is -0.459 e. The molecule has 3 aromatic carbocycles. The van der Waals surface area contributed by atoms with E-state index in [1.54, 1.807) is 54.6 Å². The minimum absolute atomic E-state index is 0.0359. The molecule has 9 nitrogen and oxygen atoms in total. The number of hydrogen-bond donors (Lipinski definition) is 2. The van der Waals surface area contributed by atoms with E-state index in [1.165, 1.54) is 10.5 Å². The maximum absolute atomic E-state index is 13.6. The highest BCUT2D eigenvalue weighted by atomic mass is 35.5. The molecule has 2 N–H and O–H groups in total. The Balaban J connectivity index is 1.40. The van der Waals surface area contributed by atoms with Gasteiger partial charge in [0.25, 0.3) is 0 Å². The fraction of sp³-hybridized carbons (Fsp3) is 0.167. The Morgan fingerprint density at radius 1 is 0.929 bits per heavy atom. The van der Waals surface area contributed by atoms with Gasteiger partial charge in [0.15, 0.2) is 0 Å². The summed E-state index contributed by atoms with van der Waals surface area (Å²) in [5, 5.41) is 7.07. The zero-order valence-electron chi connectivity index (χ0n) is 22.6. The first kappa shape index (κ1) is 31.0. The van der Waals surface area contributed by atoms with E-state index in [0.717, 1.165) is 11.1 Å². The first-order valence-corrected chi connectivity index (χ1v) is 15.1. The van der Waals surface area contributed by atoms with Crippen LogP contribution in [0.4, 0.5) is 0 Å². The second-order valence-corrected chi connectivity index (χ2v) is 12.1. The van der Waals surface area contributed by atoms with Crippen LogP contribution in [-0.4, -0.2) is 37.3 Å². The molecule has 0 aliphatic heterocycles. The number of nitrogens with zero attached hydrogens (tertiary/aromatic N) is 2. The summed E-state index contributed by atoms with van der Waals surface area (Å²) in [4.78, 5) is 24.2. The van der Waals surface area contributed by atoms with Crippen molar-refractivity contribution in [2.24, 2.45) is 5.10 Å². The van der Waals surface area contributed by atoms with E-state index in [2.05, 4.69) is 15.8 Å². The number of aryl methyl sites for hydroxylation is 1. The summed E-state index contributed by atoms with van der Waals surface area (Å²) >= 11 is 12.4. The zero-order chi connectivity index (χ0) is 30.1. The molecule has 2 amide bonds. The lowest BCUT2D eigenvalue weighted by molar-refractivity contribution is -0.139. The Kier molecular flexibility index (Phi) is 10.5. The van der Waals surface area contributed by atoms with Gasteiger partial charge in [0.1, 0.15) is 11.5 Å². The van der Waals surface area contributed by atoms with Gasteiger partial charge in [-0.2, -0.15) is 9.41 Å². The number of hydrazone groups is 1. The van der Waals surface area contributed by atoms with Crippen LogP contribution in [0.25, 0.3) is 0 Å². The quantitative estimate of drug-likeness (QED) is 0.136. The summed E-state index contributed by atoms with van der Waals surface area (Å²) in [5.74, 6) is -1.18. The highest BCUT2D eigenvalue weighted by Crippen LogP contribution is 2.27. The van der Waals surface area contributed by atoms with E-state index >= 15 is 0 Å². The molecule has 0 aliphatic rings. The lowest BCUT2D eigenvalue weighted by Gasteiger charge is -2.22. The van der Waals surface area contributed by atoms with Crippen molar-refractivity contribution in [1.82, 2.24) is 15.0 Å². The molecule has 4 aromatic rings. The van der Waals surface area contributed by atoms with E-state index < -0.39 is 21.8 Å². The van der Waals surface area contributed by atoms with Crippen molar-refractivity contribution in [2.75, 3.05) is 6.54 Å². The van der Waals surface area contributed by atoms with E-state index in [1.807, 2.05) is 37.3 Å². The van der Waals surface area contributed by atoms with Crippen molar-refractivity contribution >= 4 is 51.3 Å². The molecule has 12 heteroatoms. The zero-order valence-corrected chi connectivity index (χ0v) is 24.9. The average molecular weight is 628 g/mol. The molecule has 0 fully saturated rings. The number of benzene rings is 3. The van der Waals surface area contributed by atoms with Gasteiger partial charge in [0.2, 0.25) is 10.0 Å². The van der Waals surface area contributed by atoms with E-state index in [-0.39, 0.29) is 23.7 Å². The summed E-state index contributed by atoms with van der Waals surface area (Å²) in [6.45, 7) is 2.02. The molecule has 0 spiro atoms. The number of furan rings is 1. The maximum atomic E-state index is 13.6. The lowest BCUT2D eigenvalue weighted by Crippen LogP contribution is -2.38. The largest absolute Gasteiger partial charge is 0.459 e. The van der Waals surface area contributed by atoms with Crippen molar-refractivity contribution < 1.29 is 22.4 Å². The van der Waals surface area contributed by atoms with Crippen LogP contribution >= 0.6 is 23.2 Å². The van der Waals surface area contributed by atoms with Crippen molar-refractivity contribution in [3.05, 3.63) is 123 Å². The predicted molar refractivity (Wildman–Crippen MR) is 162 cm³/mol. The molecule has 4 rings (SSSR count). The third-order valence-electron chi connectivity index (χ3n) is 6.14. The lowest BCUT2D eigenvalue weighted by atomic mass is 10.1. The summed E-state index contributed by atoms with van der Waals surface area (Å²) in [6.07, 6.45) is 1.80. The third-order valence-corrected chi connectivity index (χ3v) is 8.53. The highest BCUT2D eigenvalue weighted by Gasteiger charge is 2.27. The third kappa shape index (κ3) is 8.53. The SMILES string of the molecule is Cc1ccc(S(=O)(=O)N(Cc2ccc(/C=N/NC(=O)C(=O)NCCc3ccccc3)o2)Cc2ccc(Cl)cc2Cl)cc1. The Hall–Kier alpha value is -3.96. The van der Waals surface area contributed by atoms with E-state index in [9.17, 15) is 18.0 Å². The van der Waals surface area contributed by atoms with Gasteiger partial charge < -0.3 is 9.73 Å². The van der Waals surface area contributed by atoms with Crippen molar-refractivity contribution in [1.29, 1.82) is 0 Å². The Bertz CT molecular complexity index is 1670. The van der Waals surface area contributed by atoms with Crippen molar-refractivity contribution in [2.45, 2.75) is 31.3 Å². The molecule has 1 heterocycles. The number of hydrogen-bond acceptors (Lipinski definition) is 6. The van der Waals surface area contributed by atoms with Crippen LogP contribution in [0.3, 0.4) is 0 Å². The van der Waals surface area contributed by atoms with Crippen LogP contribution in [-0.2, 0) is 39.1 Å². The molecule has 0 saturated carbocycles. The minimum atomic E-state index is -3.95.